The second kappa shape index (κ2) is 7.18. The fourth-order valence-corrected chi connectivity index (χ4v) is 1.83. The first kappa shape index (κ1) is 14.7. The first-order valence-corrected chi connectivity index (χ1v) is 6.43. The summed E-state index contributed by atoms with van der Waals surface area (Å²) in [4.78, 5) is 18.2. The molecule has 0 radical (unpaired) electrons. The molecule has 1 N–H and O–H groups in total. The molecule has 0 fully saturated rings. The Balaban J connectivity index is 1.97. The summed E-state index contributed by atoms with van der Waals surface area (Å²) in [6.07, 6.45) is 5.24. The minimum absolute atomic E-state index is 0.0594. The summed E-state index contributed by atoms with van der Waals surface area (Å²) < 4.78 is 11.7. The second-order valence-electron chi connectivity index (χ2n) is 3.96. The van der Waals surface area contributed by atoms with Gasteiger partial charge in [-0.2, -0.15) is 5.10 Å². The van der Waals surface area contributed by atoms with Crippen molar-refractivity contribution in [3.63, 3.8) is 0 Å². The van der Waals surface area contributed by atoms with E-state index in [1.807, 2.05) is 12.2 Å². The number of nitrogens with zero attached hydrogens (tertiary/aromatic N) is 3. The molecule has 0 saturated heterocycles. The van der Waals surface area contributed by atoms with Crippen LogP contribution in [-0.4, -0.2) is 46.7 Å². The van der Waals surface area contributed by atoms with Gasteiger partial charge in [0.2, 0.25) is 5.28 Å². The van der Waals surface area contributed by atoms with Crippen molar-refractivity contribution >= 4 is 22.6 Å². The maximum Gasteiger partial charge on any atom is 0.278 e. The minimum Gasteiger partial charge on any atom is -0.382 e. The normalized spacial score (nSPS) is 11.7. The molecule has 108 valence electrons. The molecule has 0 atom stereocenters. The number of hydrogen-bond donors (Lipinski definition) is 1. The topological polar surface area (TPSA) is 82.0 Å². The fraction of sp³-hybridized carbons (Fsp3) is 0.417. The number of nitrogens with one attached hydrogen (secondary N) is 1. The Labute approximate surface area is 120 Å². The van der Waals surface area contributed by atoms with E-state index in [0.29, 0.717) is 37.4 Å². The van der Waals surface area contributed by atoms with Gasteiger partial charge < -0.3 is 9.47 Å². The highest BCUT2D eigenvalue weighted by molar-refractivity contribution is 6.28. The number of halogens is 1. The van der Waals surface area contributed by atoms with Crippen LogP contribution in [0.4, 0.5) is 0 Å². The van der Waals surface area contributed by atoms with Gasteiger partial charge in [-0.05, 0) is 11.6 Å². The summed E-state index contributed by atoms with van der Waals surface area (Å²) in [5.41, 5.74) is 0.574. The number of allylic oxidation sites excluding steroid dienone is 1. The highest BCUT2D eigenvalue weighted by Gasteiger charge is 2.08. The Bertz CT molecular complexity index is 650. The lowest BCUT2D eigenvalue weighted by Gasteiger charge is -2.00. The predicted molar refractivity (Wildman–Crippen MR) is 75.0 cm³/mol. The third kappa shape index (κ3) is 3.66. The molecule has 8 heteroatoms. The second-order valence-corrected chi connectivity index (χ2v) is 4.31. The Morgan fingerprint density at radius 2 is 2.30 bits per heavy atom. The van der Waals surface area contributed by atoms with Crippen LogP contribution < -0.4 is 5.56 Å². The maximum atomic E-state index is 11.8. The van der Waals surface area contributed by atoms with Gasteiger partial charge in [-0.1, -0.05) is 12.2 Å². The van der Waals surface area contributed by atoms with Crippen molar-refractivity contribution in [3.8, 4) is 0 Å². The van der Waals surface area contributed by atoms with E-state index in [0.717, 1.165) is 0 Å². The zero-order valence-corrected chi connectivity index (χ0v) is 11.8. The molecular weight excluding hydrogens is 284 g/mol. The Kier molecular flexibility index (Phi) is 5.28. The van der Waals surface area contributed by atoms with Crippen LogP contribution >= 0.6 is 11.6 Å². The number of fused-ring (bicyclic) bond motifs is 1. The largest absolute Gasteiger partial charge is 0.382 e. The number of methoxy groups -OCH3 is 1. The third-order valence-corrected chi connectivity index (χ3v) is 2.74. The van der Waals surface area contributed by atoms with Crippen molar-refractivity contribution in [2.24, 2.45) is 0 Å². The van der Waals surface area contributed by atoms with Gasteiger partial charge in [0.1, 0.15) is 5.52 Å². The van der Waals surface area contributed by atoms with Crippen molar-refractivity contribution in [1.29, 1.82) is 0 Å². The summed E-state index contributed by atoms with van der Waals surface area (Å²) in [5.74, 6) is 0. The van der Waals surface area contributed by atoms with E-state index < -0.39 is 0 Å². The Morgan fingerprint density at radius 1 is 1.45 bits per heavy atom. The molecule has 0 saturated carbocycles. The van der Waals surface area contributed by atoms with E-state index in [4.69, 9.17) is 21.1 Å². The molecule has 20 heavy (non-hydrogen) atoms. The van der Waals surface area contributed by atoms with Crippen molar-refractivity contribution in [2.45, 2.75) is 6.54 Å². The highest BCUT2D eigenvalue weighted by atomic mass is 35.5. The smallest absolute Gasteiger partial charge is 0.278 e. The average molecular weight is 299 g/mol. The van der Waals surface area contributed by atoms with Crippen LogP contribution in [0.15, 0.2) is 23.1 Å². The van der Waals surface area contributed by atoms with Gasteiger partial charge in [-0.15, -0.1) is 0 Å². The SMILES string of the molecule is COCCOCC=CCn1ncc2nc(Cl)[nH]c(=O)c21. The molecule has 0 unspecified atom stereocenters. The van der Waals surface area contributed by atoms with Crippen LogP contribution in [0, 0.1) is 0 Å². The van der Waals surface area contributed by atoms with Gasteiger partial charge >= 0.3 is 0 Å². The number of aromatic nitrogens is 4. The lowest BCUT2D eigenvalue weighted by atomic mass is 10.4. The van der Waals surface area contributed by atoms with Gasteiger partial charge in [0.15, 0.2) is 5.52 Å². The summed E-state index contributed by atoms with van der Waals surface area (Å²) >= 11 is 5.68. The van der Waals surface area contributed by atoms with Crippen LogP contribution in [0.3, 0.4) is 0 Å². The van der Waals surface area contributed by atoms with Gasteiger partial charge in [0.25, 0.3) is 5.56 Å². The molecule has 2 aromatic rings. The average Bonchev–Trinajstić information content (AvgIpc) is 2.81. The number of ether oxygens (including phenoxy) is 2. The molecule has 0 amide bonds. The van der Waals surface area contributed by atoms with Crippen molar-refractivity contribution < 1.29 is 9.47 Å². The molecular formula is C12H15ClN4O3. The van der Waals surface area contributed by atoms with Crippen LogP contribution in [0.1, 0.15) is 0 Å². The summed E-state index contributed by atoms with van der Waals surface area (Å²) in [5, 5.41) is 4.17. The number of H-pyrrole nitrogens is 1. The number of aromatic amines is 1. The minimum atomic E-state index is -0.303. The quantitative estimate of drug-likeness (QED) is 0.468. The maximum absolute atomic E-state index is 11.8. The van der Waals surface area contributed by atoms with E-state index in [1.165, 1.54) is 6.20 Å². The molecule has 0 aromatic carbocycles. The van der Waals surface area contributed by atoms with Crippen molar-refractivity contribution in [2.75, 3.05) is 26.9 Å². The number of hydrogen-bond acceptors (Lipinski definition) is 5. The zero-order valence-electron chi connectivity index (χ0n) is 11.0. The molecule has 7 nitrogen and oxygen atoms in total. The van der Waals surface area contributed by atoms with E-state index >= 15 is 0 Å². The molecule has 0 aliphatic carbocycles. The van der Waals surface area contributed by atoms with E-state index in [9.17, 15) is 4.79 Å². The van der Waals surface area contributed by atoms with Gasteiger partial charge in [-0.25, -0.2) is 4.98 Å². The van der Waals surface area contributed by atoms with Crippen LogP contribution in [0.5, 0.6) is 0 Å². The standard InChI is InChI=1S/C12H15ClN4O3/c1-19-6-7-20-5-3-2-4-17-10-9(8-14-17)15-12(13)16-11(10)18/h2-3,8H,4-7H2,1H3,(H,15,16,18). The lowest BCUT2D eigenvalue weighted by Crippen LogP contribution is -2.12. The van der Waals surface area contributed by atoms with Crippen LogP contribution in [0.2, 0.25) is 5.28 Å². The molecule has 2 rings (SSSR count). The summed E-state index contributed by atoms with van der Waals surface area (Å²) in [6, 6.07) is 0. The Morgan fingerprint density at radius 3 is 3.10 bits per heavy atom. The molecule has 0 aliphatic heterocycles. The number of rotatable bonds is 7. The predicted octanol–water partition coefficient (Wildman–Crippen LogP) is 0.992. The molecule has 0 spiro atoms. The first-order chi connectivity index (χ1) is 9.72. The van der Waals surface area contributed by atoms with Crippen molar-refractivity contribution in [3.05, 3.63) is 34.0 Å². The van der Waals surface area contributed by atoms with E-state index in [2.05, 4.69) is 15.1 Å². The third-order valence-electron chi connectivity index (χ3n) is 2.56. The van der Waals surface area contributed by atoms with Gasteiger partial charge in [0.05, 0.1) is 32.6 Å². The molecule has 0 aliphatic rings. The fourth-order valence-electron chi connectivity index (χ4n) is 1.65. The summed E-state index contributed by atoms with van der Waals surface area (Å²) in [7, 11) is 1.62. The van der Waals surface area contributed by atoms with Gasteiger partial charge in [-0.3, -0.25) is 14.5 Å². The Hall–Kier alpha value is -1.70. The lowest BCUT2D eigenvalue weighted by molar-refractivity contribution is 0.0852. The zero-order chi connectivity index (χ0) is 14.4. The van der Waals surface area contributed by atoms with Crippen molar-refractivity contribution in [1.82, 2.24) is 19.7 Å². The van der Waals surface area contributed by atoms with E-state index in [1.54, 1.807) is 11.8 Å². The monoisotopic (exact) mass is 298 g/mol. The molecule has 2 heterocycles. The summed E-state index contributed by atoms with van der Waals surface area (Å²) in [6.45, 7) is 2.07. The van der Waals surface area contributed by atoms with E-state index in [-0.39, 0.29) is 10.8 Å². The van der Waals surface area contributed by atoms with Crippen LogP contribution in [-0.2, 0) is 16.0 Å². The van der Waals surface area contributed by atoms with Crippen LogP contribution in [0.25, 0.3) is 11.0 Å². The van der Waals surface area contributed by atoms with Gasteiger partial charge in [0, 0.05) is 7.11 Å². The molecule has 2 aromatic heterocycles. The molecule has 0 bridgehead atoms. The highest BCUT2D eigenvalue weighted by Crippen LogP contribution is 2.08. The first-order valence-electron chi connectivity index (χ1n) is 6.05.